The number of nitrogens with two attached hydrogens (primary N) is 1. The van der Waals surface area contributed by atoms with Crippen LogP contribution in [0, 0.1) is 0 Å². The van der Waals surface area contributed by atoms with Gasteiger partial charge in [-0.05, 0) is 18.2 Å². The van der Waals surface area contributed by atoms with Crippen LogP contribution in [-0.2, 0) is 0 Å². The molecule has 0 bridgehead atoms. The number of fused-ring (bicyclic) bond motifs is 1. The Balaban J connectivity index is 2.82. The van der Waals surface area contributed by atoms with Crippen LogP contribution >= 0.6 is 34.5 Å². The van der Waals surface area contributed by atoms with Gasteiger partial charge in [0.05, 0.1) is 14.6 Å². The van der Waals surface area contributed by atoms with Gasteiger partial charge in [0, 0.05) is 10.4 Å². The standard InChI is InChI=1S/C9H5Cl2NOS/c10-5-1-2-6(11)8-4(5)3-7(14-8)9(12)13/h1-3H,(H2,12,13). The van der Waals surface area contributed by atoms with Crippen LogP contribution in [0.2, 0.25) is 10.0 Å². The Morgan fingerprint density at radius 2 is 1.93 bits per heavy atom. The first-order valence-electron chi connectivity index (χ1n) is 3.77. The molecule has 0 atom stereocenters. The molecule has 5 heteroatoms. The van der Waals surface area contributed by atoms with Crippen molar-refractivity contribution in [2.75, 3.05) is 0 Å². The molecule has 2 aromatic rings. The van der Waals surface area contributed by atoms with Gasteiger partial charge in [-0.15, -0.1) is 11.3 Å². The molecule has 2 rings (SSSR count). The first-order chi connectivity index (χ1) is 6.59. The molecule has 0 radical (unpaired) electrons. The van der Waals surface area contributed by atoms with Crippen molar-refractivity contribution in [3.8, 4) is 0 Å². The molecule has 0 saturated carbocycles. The summed E-state index contributed by atoms with van der Waals surface area (Å²) in [5.41, 5.74) is 5.16. The molecular weight excluding hydrogens is 241 g/mol. The van der Waals surface area contributed by atoms with Gasteiger partial charge in [0.25, 0.3) is 5.91 Å². The fourth-order valence-corrected chi connectivity index (χ4v) is 2.67. The van der Waals surface area contributed by atoms with Gasteiger partial charge in [-0.1, -0.05) is 23.2 Å². The SMILES string of the molecule is NC(=O)c1cc2c(Cl)ccc(Cl)c2s1. The molecule has 1 amide bonds. The summed E-state index contributed by atoms with van der Waals surface area (Å²) in [6.07, 6.45) is 0. The molecule has 0 fully saturated rings. The molecule has 2 nitrogen and oxygen atoms in total. The van der Waals surface area contributed by atoms with Crippen LogP contribution in [0.4, 0.5) is 0 Å². The number of primary amides is 1. The maximum atomic E-state index is 10.9. The molecule has 0 aliphatic rings. The minimum Gasteiger partial charge on any atom is -0.365 e. The molecule has 0 saturated heterocycles. The summed E-state index contributed by atoms with van der Waals surface area (Å²) in [6, 6.07) is 5.06. The van der Waals surface area contributed by atoms with Crippen LogP contribution in [0.1, 0.15) is 9.67 Å². The Hall–Kier alpha value is -0.770. The van der Waals surface area contributed by atoms with Crippen molar-refractivity contribution in [2.45, 2.75) is 0 Å². The van der Waals surface area contributed by atoms with Gasteiger partial charge >= 0.3 is 0 Å². The predicted octanol–water partition coefficient (Wildman–Crippen LogP) is 3.31. The van der Waals surface area contributed by atoms with Crippen molar-refractivity contribution in [3.63, 3.8) is 0 Å². The first-order valence-corrected chi connectivity index (χ1v) is 5.34. The second kappa shape index (κ2) is 3.42. The predicted molar refractivity (Wildman–Crippen MR) is 60.4 cm³/mol. The van der Waals surface area contributed by atoms with Crippen molar-refractivity contribution < 1.29 is 4.79 Å². The van der Waals surface area contributed by atoms with Crippen LogP contribution in [0.5, 0.6) is 0 Å². The number of hydrogen-bond acceptors (Lipinski definition) is 2. The normalized spacial score (nSPS) is 10.7. The second-order valence-electron chi connectivity index (χ2n) is 2.75. The van der Waals surface area contributed by atoms with E-state index < -0.39 is 5.91 Å². The third-order valence-corrected chi connectivity index (χ3v) is 3.76. The Kier molecular flexibility index (Phi) is 2.39. The van der Waals surface area contributed by atoms with Crippen molar-refractivity contribution >= 4 is 50.5 Å². The van der Waals surface area contributed by atoms with E-state index in [4.69, 9.17) is 28.9 Å². The summed E-state index contributed by atoms with van der Waals surface area (Å²) < 4.78 is 0.799. The molecule has 14 heavy (non-hydrogen) atoms. The van der Waals surface area contributed by atoms with Crippen LogP contribution in [0.15, 0.2) is 18.2 Å². The van der Waals surface area contributed by atoms with Gasteiger partial charge in [-0.3, -0.25) is 4.79 Å². The second-order valence-corrected chi connectivity index (χ2v) is 4.61. The summed E-state index contributed by atoms with van der Waals surface area (Å²) in [7, 11) is 0. The van der Waals surface area contributed by atoms with Crippen molar-refractivity contribution in [3.05, 3.63) is 33.1 Å². The zero-order valence-electron chi connectivity index (χ0n) is 6.88. The maximum absolute atomic E-state index is 10.9. The molecule has 2 N–H and O–H groups in total. The number of carbonyl (C=O) groups is 1. The minimum atomic E-state index is -0.460. The summed E-state index contributed by atoms with van der Waals surface area (Å²) in [5.74, 6) is -0.460. The largest absolute Gasteiger partial charge is 0.365 e. The Labute approximate surface area is 94.2 Å². The fraction of sp³-hybridized carbons (Fsp3) is 0. The van der Waals surface area contributed by atoms with Crippen LogP contribution in [-0.4, -0.2) is 5.91 Å². The summed E-state index contributed by atoms with van der Waals surface area (Å²) in [6.45, 7) is 0. The van der Waals surface area contributed by atoms with E-state index in [0.29, 0.717) is 14.9 Å². The molecule has 1 heterocycles. The third kappa shape index (κ3) is 1.47. The lowest BCUT2D eigenvalue weighted by molar-refractivity contribution is 0.100. The third-order valence-electron chi connectivity index (χ3n) is 1.83. The highest BCUT2D eigenvalue weighted by atomic mass is 35.5. The molecule has 0 spiro atoms. The van der Waals surface area contributed by atoms with E-state index in [1.54, 1.807) is 18.2 Å². The smallest absolute Gasteiger partial charge is 0.258 e. The van der Waals surface area contributed by atoms with E-state index in [-0.39, 0.29) is 0 Å². The average Bonchev–Trinajstić information content (AvgIpc) is 2.57. The van der Waals surface area contributed by atoms with E-state index in [1.807, 2.05) is 0 Å². The molecule has 1 aromatic heterocycles. The van der Waals surface area contributed by atoms with Gasteiger partial charge in [0.1, 0.15) is 0 Å². The first kappa shape index (κ1) is 9.77. The summed E-state index contributed by atoms with van der Waals surface area (Å²) in [5, 5.41) is 1.94. The Bertz CT molecular complexity index is 482. The highest BCUT2D eigenvalue weighted by Gasteiger charge is 2.11. The van der Waals surface area contributed by atoms with Crippen molar-refractivity contribution in [1.29, 1.82) is 0 Å². The number of amides is 1. The number of thiophene rings is 1. The Morgan fingerprint density at radius 1 is 1.29 bits per heavy atom. The van der Waals surface area contributed by atoms with E-state index in [1.165, 1.54) is 11.3 Å². The van der Waals surface area contributed by atoms with E-state index in [2.05, 4.69) is 0 Å². The topological polar surface area (TPSA) is 43.1 Å². The highest BCUT2D eigenvalue weighted by Crippen LogP contribution is 2.36. The monoisotopic (exact) mass is 245 g/mol. The fourth-order valence-electron chi connectivity index (χ4n) is 1.18. The number of rotatable bonds is 1. The maximum Gasteiger partial charge on any atom is 0.258 e. The van der Waals surface area contributed by atoms with Gasteiger partial charge in [-0.2, -0.15) is 0 Å². The van der Waals surface area contributed by atoms with E-state index in [9.17, 15) is 4.79 Å². The lowest BCUT2D eigenvalue weighted by atomic mass is 10.2. The van der Waals surface area contributed by atoms with Crippen molar-refractivity contribution in [2.24, 2.45) is 5.73 Å². The van der Waals surface area contributed by atoms with Gasteiger partial charge < -0.3 is 5.73 Å². The van der Waals surface area contributed by atoms with E-state index in [0.717, 1.165) is 10.1 Å². The average molecular weight is 246 g/mol. The van der Waals surface area contributed by atoms with Crippen LogP contribution in [0.3, 0.4) is 0 Å². The number of hydrogen-bond donors (Lipinski definition) is 1. The lowest BCUT2D eigenvalue weighted by Gasteiger charge is -1.94. The molecule has 72 valence electrons. The molecule has 0 aliphatic carbocycles. The molecule has 1 aromatic carbocycles. The number of benzene rings is 1. The molecule has 0 aliphatic heterocycles. The van der Waals surface area contributed by atoms with Crippen LogP contribution in [0.25, 0.3) is 10.1 Å². The summed E-state index contributed by atoms with van der Waals surface area (Å²) >= 11 is 13.1. The van der Waals surface area contributed by atoms with Gasteiger partial charge in [-0.25, -0.2) is 0 Å². The quantitative estimate of drug-likeness (QED) is 0.824. The summed E-state index contributed by atoms with van der Waals surface area (Å²) in [4.78, 5) is 11.4. The number of carbonyl (C=O) groups excluding carboxylic acids is 1. The van der Waals surface area contributed by atoms with Crippen LogP contribution < -0.4 is 5.73 Å². The Morgan fingerprint density at radius 3 is 2.50 bits per heavy atom. The van der Waals surface area contributed by atoms with Crippen molar-refractivity contribution in [1.82, 2.24) is 0 Å². The zero-order valence-corrected chi connectivity index (χ0v) is 9.21. The van der Waals surface area contributed by atoms with Gasteiger partial charge in [0.2, 0.25) is 0 Å². The molecular formula is C9H5Cl2NOS. The molecule has 0 unspecified atom stereocenters. The lowest BCUT2D eigenvalue weighted by Crippen LogP contribution is -2.07. The van der Waals surface area contributed by atoms with Gasteiger partial charge in [0.15, 0.2) is 0 Å². The van der Waals surface area contributed by atoms with E-state index >= 15 is 0 Å². The minimum absolute atomic E-state index is 0.460. The zero-order chi connectivity index (χ0) is 10.3. The highest BCUT2D eigenvalue weighted by molar-refractivity contribution is 7.21. The number of halogens is 2.